The summed E-state index contributed by atoms with van der Waals surface area (Å²) in [5.74, 6) is -0.545. The van der Waals surface area contributed by atoms with Gasteiger partial charge in [-0.05, 0) is 18.2 Å². The molecule has 0 unspecified atom stereocenters. The first-order chi connectivity index (χ1) is 12.4. The number of aromatic nitrogens is 1. The molecule has 0 amide bonds. The Bertz CT molecular complexity index is 1010. The molecule has 0 fully saturated rings. The lowest BCUT2D eigenvalue weighted by Crippen LogP contribution is -2.11. The van der Waals surface area contributed by atoms with E-state index in [1.807, 2.05) is 35.7 Å². The largest absolute Gasteiger partial charge is 0.456 e. The van der Waals surface area contributed by atoms with Crippen molar-refractivity contribution in [1.29, 1.82) is 0 Å². The molecule has 0 saturated heterocycles. The molecule has 26 heavy (non-hydrogen) atoms. The van der Waals surface area contributed by atoms with Crippen LogP contribution in [-0.4, -0.2) is 25.6 Å². The second kappa shape index (κ2) is 7.67. The van der Waals surface area contributed by atoms with Crippen molar-refractivity contribution in [3.05, 3.63) is 71.2 Å². The van der Waals surface area contributed by atoms with E-state index in [4.69, 9.17) is 4.74 Å². The van der Waals surface area contributed by atoms with Crippen LogP contribution in [0.15, 0.2) is 60.0 Å². The van der Waals surface area contributed by atoms with E-state index >= 15 is 0 Å². The van der Waals surface area contributed by atoms with Crippen molar-refractivity contribution in [3.8, 4) is 10.6 Å². The minimum absolute atomic E-state index is 0.0475. The maximum absolute atomic E-state index is 12.2. The third-order valence-corrected chi connectivity index (χ3v) is 4.87. The van der Waals surface area contributed by atoms with Crippen molar-refractivity contribution in [1.82, 2.24) is 4.98 Å². The number of esters is 1. The highest BCUT2D eigenvalue weighted by molar-refractivity contribution is 7.92. The zero-order chi connectivity index (χ0) is 18.6. The quantitative estimate of drug-likeness (QED) is 0.653. The molecule has 2 aromatic carbocycles. The standard InChI is InChI=1S/C18H16N2O4S2/c1-26(22,23)20-15-9-5-8-14(10-15)18(21)24-11-16-12-25-17(19-16)13-6-3-2-4-7-13/h2-10,12,20H,11H2,1H3. The SMILES string of the molecule is CS(=O)(=O)Nc1cccc(C(=O)OCc2csc(-c3ccccc3)n2)c1. The Morgan fingerprint density at radius 2 is 1.92 bits per heavy atom. The van der Waals surface area contributed by atoms with Gasteiger partial charge < -0.3 is 4.74 Å². The van der Waals surface area contributed by atoms with Crippen molar-refractivity contribution in [2.75, 3.05) is 11.0 Å². The fourth-order valence-electron chi connectivity index (χ4n) is 2.23. The Kier molecular flexibility index (Phi) is 5.34. The number of sulfonamides is 1. The third kappa shape index (κ3) is 4.90. The van der Waals surface area contributed by atoms with Gasteiger partial charge in [0.1, 0.15) is 11.6 Å². The summed E-state index contributed by atoms with van der Waals surface area (Å²) in [4.78, 5) is 16.7. The van der Waals surface area contributed by atoms with Crippen molar-refractivity contribution in [2.24, 2.45) is 0 Å². The molecule has 3 aromatic rings. The van der Waals surface area contributed by atoms with Crippen LogP contribution in [0, 0.1) is 0 Å². The number of anilines is 1. The fourth-order valence-corrected chi connectivity index (χ4v) is 3.60. The van der Waals surface area contributed by atoms with Gasteiger partial charge in [-0.1, -0.05) is 36.4 Å². The Labute approximate surface area is 155 Å². The van der Waals surface area contributed by atoms with Crippen LogP contribution in [0.5, 0.6) is 0 Å². The summed E-state index contributed by atoms with van der Waals surface area (Å²) in [6, 6.07) is 15.9. The van der Waals surface area contributed by atoms with E-state index in [0.29, 0.717) is 11.4 Å². The normalized spacial score (nSPS) is 11.1. The minimum atomic E-state index is -3.41. The number of ether oxygens (including phenoxy) is 1. The van der Waals surface area contributed by atoms with Crippen LogP contribution in [0.25, 0.3) is 10.6 Å². The molecule has 0 saturated carbocycles. The Hall–Kier alpha value is -2.71. The maximum Gasteiger partial charge on any atom is 0.338 e. The maximum atomic E-state index is 12.2. The second-order valence-corrected chi connectivity index (χ2v) is 8.15. The molecular formula is C18H16N2O4S2. The molecule has 0 bridgehead atoms. The predicted octanol–water partition coefficient (Wildman–Crippen LogP) is 3.54. The van der Waals surface area contributed by atoms with Crippen LogP contribution in [0.2, 0.25) is 0 Å². The molecule has 1 heterocycles. The number of hydrogen-bond donors (Lipinski definition) is 1. The van der Waals surface area contributed by atoms with Crippen LogP contribution in [0.1, 0.15) is 16.1 Å². The summed E-state index contributed by atoms with van der Waals surface area (Å²) in [5.41, 5.74) is 2.24. The third-order valence-electron chi connectivity index (χ3n) is 3.33. The molecule has 8 heteroatoms. The molecule has 0 aliphatic carbocycles. The average molecular weight is 388 g/mol. The number of hydrogen-bond acceptors (Lipinski definition) is 6. The van der Waals surface area contributed by atoms with Crippen LogP contribution >= 0.6 is 11.3 Å². The molecule has 0 aliphatic rings. The van der Waals surface area contributed by atoms with E-state index in [9.17, 15) is 13.2 Å². The number of benzene rings is 2. The predicted molar refractivity (Wildman–Crippen MR) is 102 cm³/mol. The van der Waals surface area contributed by atoms with E-state index < -0.39 is 16.0 Å². The van der Waals surface area contributed by atoms with Crippen LogP contribution in [-0.2, 0) is 21.4 Å². The summed E-state index contributed by atoms with van der Waals surface area (Å²) in [7, 11) is -3.41. The van der Waals surface area contributed by atoms with Gasteiger partial charge in [-0.15, -0.1) is 11.3 Å². The van der Waals surface area contributed by atoms with Crippen molar-refractivity contribution < 1.29 is 17.9 Å². The number of rotatable bonds is 6. The van der Waals surface area contributed by atoms with E-state index in [-0.39, 0.29) is 12.2 Å². The van der Waals surface area contributed by atoms with E-state index in [1.165, 1.54) is 17.4 Å². The zero-order valence-electron chi connectivity index (χ0n) is 13.9. The van der Waals surface area contributed by atoms with E-state index in [1.54, 1.807) is 18.2 Å². The first kappa shape index (κ1) is 18.1. The Balaban J connectivity index is 1.64. The Morgan fingerprint density at radius 3 is 2.65 bits per heavy atom. The van der Waals surface area contributed by atoms with Gasteiger partial charge in [0.2, 0.25) is 10.0 Å². The molecular weight excluding hydrogens is 372 g/mol. The Morgan fingerprint density at radius 1 is 1.15 bits per heavy atom. The lowest BCUT2D eigenvalue weighted by Gasteiger charge is -2.06. The minimum Gasteiger partial charge on any atom is -0.456 e. The van der Waals surface area contributed by atoms with Crippen molar-refractivity contribution in [3.63, 3.8) is 0 Å². The summed E-state index contributed by atoms with van der Waals surface area (Å²) in [6.07, 6.45) is 1.05. The summed E-state index contributed by atoms with van der Waals surface area (Å²) < 4.78 is 30.2. The van der Waals surface area contributed by atoms with Crippen molar-refractivity contribution in [2.45, 2.75) is 6.61 Å². The molecule has 3 rings (SSSR count). The monoisotopic (exact) mass is 388 g/mol. The van der Waals surface area contributed by atoms with Gasteiger partial charge in [-0.3, -0.25) is 4.72 Å². The van der Waals surface area contributed by atoms with Gasteiger partial charge in [0.25, 0.3) is 0 Å². The number of thiazole rings is 1. The number of nitrogens with one attached hydrogen (secondary N) is 1. The highest BCUT2D eigenvalue weighted by Gasteiger charge is 2.11. The van der Waals surface area contributed by atoms with Gasteiger partial charge >= 0.3 is 5.97 Å². The first-order valence-corrected chi connectivity index (χ1v) is 10.4. The van der Waals surface area contributed by atoms with E-state index in [2.05, 4.69) is 9.71 Å². The van der Waals surface area contributed by atoms with E-state index in [0.717, 1.165) is 16.8 Å². The highest BCUT2D eigenvalue weighted by atomic mass is 32.2. The summed E-state index contributed by atoms with van der Waals surface area (Å²) in [6.45, 7) is 0.0475. The average Bonchev–Trinajstić information content (AvgIpc) is 3.08. The molecule has 0 aliphatic heterocycles. The number of nitrogens with zero attached hydrogens (tertiary/aromatic N) is 1. The van der Waals surface area contributed by atoms with Crippen LogP contribution in [0.4, 0.5) is 5.69 Å². The molecule has 134 valence electrons. The highest BCUT2D eigenvalue weighted by Crippen LogP contribution is 2.23. The smallest absolute Gasteiger partial charge is 0.338 e. The van der Waals surface area contributed by atoms with Gasteiger partial charge in [-0.25, -0.2) is 18.2 Å². The van der Waals surface area contributed by atoms with Crippen molar-refractivity contribution >= 4 is 33.0 Å². The molecule has 0 spiro atoms. The van der Waals surface area contributed by atoms with Gasteiger partial charge in [0.05, 0.1) is 17.5 Å². The molecule has 6 nitrogen and oxygen atoms in total. The lowest BCUT2D eigenvalue weighted by molar-refractivity contribution is 0.0468. The molecule has 0 radical (unpaired) electrons. The lowest BCUT2D eigenvalue weighted by atomic mass is 10.2. The van der Waals surface area contributed by atoms with Gasteiger partial charge in [0, 0.05) is 16.6 Å². The number of carbonyl (C=O) groups excluding carboxylic acids is 1. The molecule has 1 N–H and O–H groups in total. The van der Waals surface area contributed by atoms with Gasteiger partial charge in [-0.2, -0.15) is 0 Å². The molecule has 0 atom stereocenters. The molecule has 1 aromatic heterocycles. The van der Waals surface area contributed by atoms with Crippen LogP contribution < -0.4 is 4.72 Å². The second-order valence-electron chi connectivity index (χ2n) is 5.54. The fraction of sp³-hybridized carbons (Fsp3) is 0.111. The number of carbonyl (C=O) groups is 1. The first-order valence-electron chi connectivity index (χ1n) is 7.65. The topological polar surface area (TPSA) is 85.4 Å². The van der Waals surface area contributed by atoms with Crippen LogP contribution in [0.3, 0.4) is 0 Å². The van der Waals surface area contributed by atoms with Gasteiger partial charge in [0.15, 0.2) is 0 Å². The zero-order valence-corrected chi connectivity index (χ0v) is 15.5. The summed E-state index contributed by atoms with van der Waals surface area (Å²) in [5, 5.41) is 2.70. The summed E-state index contributed by atoms with van der Waals surface area (Å²) >= 11 is 1.48.